The first-order chi connectivity index (χ1) is 7.83. The van der Waals surface area contributed by atoms with Gasteiger partial charge in [0, 0.05) is 0 Å². The third kappa shape index (κ3) is 1.40. The molecule has 0 spiro atoms. The minimum atomic E-state index is 0.695. The molecule has 0 bridgehead atoms. The molecule has 1 heterocycles. The van der Waals surface area contributed by atoms with Crippen molar-refractivity contribution in [1.29, 1.82) is 0 Å². The predicted octanol–water partition coefficient (Wildman–Crippen LogP) is 3.63. The zero-order valence-corrected chi connectivity index (χ0v) is 10.4. The molecule has 90 valence electrons. The first-order valence-corrected chi connectivity index (χ1v) is 7.48. The SMILES string of the molecule is CC1CCC2C(CCC3C2CCC2OC23)C1. The van der Waals surface area contributed by atoms with Gasteiger partial charge in [-0.3, -0.25) is 0 Å². The molecule has 3 saturated carbocycles. The van der Waals surface area contributed by atoms with Gasteiger partial charge in [0.15, 0.2) is 0 Å². The largest absolute Gasteiger partial charge is 0.369 e. The second-order valence-electron chi connectivity index (χ2n) is 6.96. The van der Waals surface area contributed by atoms with E-state index in [-0.39, 0.29) is 0 Å². The maximum Gasteiger partial charge on any atom is 0.0872 e. The number of epoxide rings is 1. The summed E-state index contributed by atoms with van der Waals surface area (Å²) < 4.78 is 5.85. The van der Waals surface area contributed by atoms with E-state index >= 15 is 0 Å². The lowest BCUT2D eigenvalue weighted by Crippen LogP contribution is -2.42. The molecule has 0 radical (unpaired) electrons. The van der Waals surface area contributed by atoms with E-state index in [1.807, 2.05) is 0 Å². The van der Waals surface area contributed by atoms with Gasteiger partial charge in [-0.25, -0.2) is 0 Å². The third-order valence-corrected chi connectivity index (χ3v) is 6.10. The van der Waals surface area contributed by atoms with Crippen LogP contribution in [0.2, 0.25) is 0 Å². The van der Waals surface area contributed by atoms with Crippen LogP contribution in [0.1, 0.15) is 51.9 Å². The van der Waals surface area contributed by atoms with Crippen LogP contribution in [0.4, 0.5) is 0 Å². The first-order valence-electron chi connectivity index (χ1n) is 7.48. The topological polar surface area (TPSA) is 12.5 Å². The Kier molecular flexibility index (Phi) is 2.16. The van der Waals surface area contributed by atoms with Crippen molar-refractivity contribution in [3.05, 3.63) is 0 Å². The molecule has 1 heteroatoms. The molecular formula is C15H24O. The second kappa shape index (κ2) is 3.48. The van der Waals surface area contributed by atoms with Crippen LogP contribution < -0.4 is 0 Å². The molecule has 4 aliphatic rings. The summed E-state index contributed by atoms with van der Waals surface area (Å²) >= 11 is 0. The Bertz CT molecular complexity index is 287. The lowest BCUT2D eigenvalue weighted by Gasteiger charge is -2.48. The summed E-state index contributed by atoms with van der Waals surface area (Å²) in [6, 6.07) is 0. The lowest BCUT2D eigenvalue weighted by molar-refractivity contribution is 0.0182. The van der Waals surface area contributed by atoms with Crippen LogP contribution in [-0.2, 0) is 4.74 Å². The van der Waals surface area contributed by atoms with Crippen LogP contribution >= 0.6 is 0 Å². The standard InChI is InChI=1S/C15H24O/c1-9-2-4-11-10(8-9)3-5-13-12(11)6-7-14-15(13)16-14/h9-15H,2-8H2,1H3. The van der Waals surface area contributed by atoms with E-state index in [1.54, 1.807) is 0 Å². The number of ether oxygens (including phenoxy) is 1. The highest BCUT2D eigenvalue weighted by atomic mass is 16.6. The number of hydrogen-bond donors (Lipinski definition) is 0. The van der Waals surface area contributed by atoms with Gasteiger partial charge in [-0.2, -0.15) is 0 Å². The normalized spacial score (nSPS) is 59.4. The second-order valence-corrected chi connectivity index (χ2v) is 6.96. The zero-order chi connectivity index (χ0) is 10.7. The molecule has 7 unspecified atom stereocenters. The van der Waals surface area contributed by atoms with Gasteiger partial charge in [0.1, 0.15) is 0 Å². The molecule has 1 nitrogen and oxygen atoms in total. The predicted molar refractivity (Wildman–Crippen MR) is 64.1 cm³/mol. The van der Waals surface area contributed by atoms with Gasteiger partial charge in [-0.1, -0.05) is 13.3 Å². The Labute approximate surface area is 98.9 Å². The highest BCUT2D eigenvalue weighted by molar-refractivity contribution is 5.03. The third-order valence-electron chi connectivity index (χ3n) is 6.10. The van der Waals surface area contributed by atoms with Crippen LogP contribution in [0.25, 0.3) is 0 Å². The van der Waals surface area contributed by atoms with E-state index < -0.39 is 0 Å². The average molecular weight is 220 g/mol. The molecule has 0 amide bonds. The molecular weight excluding hydrogens is 196 g/mol. The average Bonchev–Trinajstić information content (AvgIpc) is 3.07. The summed E-state index contributed by atoms with van der Waals surface area (Å²) in [4.78, 5) is 0. The molecule has 0 aromatic rings. The fourth-order valence-electron chi connectivity index (χ4n) is 5.31. The van der Waals surface area contributed by atoms with Crippen LogP contribution in [0.5, 0.6) is 0 Å². The molecule has 1 aliphatic heterocycles. The number of fused-ring (bicyclic) bond motifs is 5. The Morgan fingerprint density at radius 1 is 0.812 bits per heavy atom. The highest BCUT2D eigenvalue weighted by Crippen LogP contribution is 2.56. The van der Waals surface area contributed by atoms with E-state index in [0.29, 0.717) is 12.2 Å². The molecule has 4 rings (SSSR count). The van der Waals surface area contributed by atoms with Crippen molar-refractivity contribution >= 4 is 0 Å². The lowest BCUT2D eigenvalue weighted by atomic mass is 9.56. The summed E-state index contributed by atoms with van der Waals surface area (Å²) in [7, 11) is 0. The summed E-state index contributed by atoms with van der Waals surface area (Å²) in [5.74, 6) is 5.19. The highest BCUT2D eigenvalue weighted by Gasteiger charge is 2.55. The van der Waals surface area contributed by atoms with E-state index in [2.05, 4.69) is 6.92 Å². The molecule has 16 heavy (non-hydrogen) atoms. The Morgan fingerprint density at radius 2 is 1.62 bits per heavy atom. The molecule has 7 atom stereocenters. The zero-order valence-electron chi connectivity index (χ0n) is 10.4. The Morgan fingerprint density at radius 3 is 2.56 bits per heavy atom. The van der Waals surface area contributed by atoms with Crippen molar-refractivity contribution in [3.63, 3.8) is 0 Å². The number of rotatable bonds is 0. The fourth-order valence-corrected chi connectivity index (χ4v) is 5.31. The molecule has 4 fully saturated rings. The summed E-state index contributed by atoms with van der Waals surface area (Å²) in [5, 5.41) is 0. The summed E-state index contributed by atoms with van der Waals surface area (Å²) in [6.07, 6.45) is 11.8. The molecule has 3 aliphatic carbocycles. The first kappa shape index (κ1) is 9.94. The van der Waals surface area contributed by atoms with Crippen LogP contribution in [0.15, 0.2) is 0 Å². The minimum absolute atomic E-state index is 0.695. The van der Waals surface area contributed by atoms with E-state index in [0.717, 1.165) is 29.6 Å². The van der Waals surface area contributed by atoms with Crippen molar-refractivity contribution in [3.8, 4) is 0 Å². The smallest absolute Gasteiger partial charge is 0.0872 e. The van der Waals surface area contributed by atoms with Gasteiger partial charge in [0.05, 0.1) is 12.2 Å². The van der Waals surface area contributed by atoms with Crippen molar-refractivity contribution in [1.82, 2.24) is 0 Å². The molecule has 1 saturated heterocycles. The van der Waals surface area contributed by atoms with Crippen LogP contribution in [-0.4, -0.2) is 12.2 Å². The monoisotopic (exact) mass is 220 g/mol. The van der Waals surface area contributed by atoms with Crippen LogP contribution in [0.3, 0.4) is 0 Å². The van der Waals surface area contributed by atoms with Crippen molar-refractivity contribution in [2.45, 2.75) is 64.1 Å². The van der Waals surface area contributed by atoms with Gasteiger partial charge in [-0.05, 0) is 68.1 Å². The van der Waals surface area contributed by atoms with E-state index in [4.69, 9.17) is 4.74 Å². The van der Waals surface area contributed by atoms with Gasteiger partial charge in [0.25, 0.3) is 0 Å². The summed E-state index contributed by atoms with van der Waals surface area (Å²) in [5.41, 5.74) is 0. The van der Waals surface area contributed by atoms with Crippen molar-refractivity contribution in [2.75, 3.05) is 0 Å². The van der Waals surface area contributed by atoms with Gasteiger partial charge >= 0.3 is 0 Å². The maximum absolute atomic E-state index is 5.85. The van der Waals surface area contributed by atoms with Gasteiger partial charge < -0.3 is 4.74 Å². The van der Waals surface area contributed by atoms with E-state index in [9.17, 15) is 0 Å². The Balaban J connectivity index is 1.54. The molecule has 0 N–H and O–H groups in total. The fraction of sp³-hybridized carbons (Fsp3) is 1.00. The number of hydrogen-bond acceptors (Lipinski definition) is 1. The van der Waals surface area contributed by atoms with E-state index in [1.165, 1.54) is 44.9 Å². The van der Waals surface area contributed by atoms with Crippen LogP contribution in [0, 0.1) is 29.6 Å². The van der Waals surface area contributed by atoms with Crippen molar-refractivity contribution < 1.29 is 4.74 Å². The molecule has 0 aromatic carbocycles. The Hall–Kier alpha value is -0.0400. The maximum atomic E-state index is 5.85. The molecule has 0 aromatic heterocycles. The van der Waals surface area contributed by atoms with Gasteiger partial charge in [-0.15, -0.1) is 0 Å². The minimum Gasteiger partial charge on any atom is -0.369 e. The quantitative estimate of drug-likeness (QED) is 0.568. The van der Waals surface area contributed by atoms with Gasteiger partial charge in [0.2, 0.25) is 0 Å². The summed E-state index contributed by atoms with van der Waals surface area (Å²) in [6.45, 7) is 2.46. The van der Waals surface area contributed by atoms with Crippen molar-refractivity contribution in [2.24, 2.45) is 29.6 Å².